The topological polar surface area (TPSA) is 124 Å². The summed E-state index contributed by atoms with van der Waals surface area (Å²) in [5, 5.41) is 21.1. The van der Waals surface area contributed by atoms with Crippen molar-refractivity contribution in [2.75, 3.05) is 6.54 Å². The number of amides is 2. The van der Waals surface area contributed by atoms with Gasteiger partial charge in [-0.05, 0) is 42.5 Å². The van der Waals surface area contributed by atoms with Gasteiger partial charge in [0.1, 0.15) is 11.8 Å². The third kappa shape index (κ3) is 6.35. The lowest BCUT2D eigenvalue weighted by Crippen LogP contribution is -2.47. The fourth-order valence-corrected chi connectivity index (χ4v) is 4.91. The maximum atomic E-state index is 13.0. The molecular weight excluding hydrogens is 444 g/mol. The number of thioether (sulfide) groups is 1. The van der Waals surface area contributed by atoms with Crippen molar-refractivity contribution in [3.05, 3.63) is 65.7 Å². The molecule has 1 aliphatic heterocycles. The molecule has 0 bridgehead atoms. The largest absolute Gasteiger partial charge is 0.508 e. The van der Waals surface area contributed by atoms with Gasteiger partial charge in [-0.15, -0.1) is 0 Å². The molecule has 1 saturated heterocycles. The van der Waals surface area contributed by atoms with Crippen LogP contribution in [0.25, 0.3) is 0 Å². The fraction of sp³-hybridized carbons (Fsp3) is 0.333. The SMILES string of the molecule is CC(=O)SC(Cc1ccccc1)C(=O)NCC(=O)N1C(C(=O)O)CCC1c1cccc(O)c1. The van der Waals surface area contributed by atoms with Crippen LogP contribution in [0.2, 0.25) is 0 Å². The van der Waals surface area contributed by atoms with E-state index in [0.29, 0.717) is 18.4 Å². The Hall–Kier alpha value is -3.33. The number of carbonyl (C=O) groups excluding carboxylic acids is 3. The molecule has 3 rings (SSSR count). The zero-order chi connectivity index (χ0) is 24.0. The Morgan fingerprint density at radius 2 is 1.82 bits per heavy atom. The number of benzene rings is 2. The van der Waals surface area contributed by atoms with Crippen molar-refractivity contribution in [2.24, 2.45) is 0 Å². The van der Waals surface area contributed by atoms with Crippen molar-refractivity contribution in [2.45, 2.75) is 43.5 Å². The smallest absolute Gasteiger partial charge is 0.326 e. The molecule has 0 saturated carbocycles. The van der Waals surface area contributed by atoms with Gasteiger partial charge in [-0.1, -0.05) is 54.2 Å². The van der Waals surface area contributed by atoms with Crippen LogP contribution in [0.1, 0.15) is 36.9 Å². The summed E-state index contributed by atoms with van der Waals surface area (Å²) in [6.45, 7) is 0.990. The molecule has 2 aromatic rings. The maximum Gasteiger partial charge on any atom is 0.326 e. The fourth-order valence-electron chi connectivity index (χ4n) is 4.04. The number of aromatic hydroxyl groups is 1. The highest BCUT2D eigenvalue weighted by molar-refractivity contribution is 8.14. The summed E-state index contributed by atoms with van der Waals surface area (Å²) in [5.41, 5.74) is 1.51. The quantitative estimate of drug-likeness (QED) is 0.542. The summed E-state index contributed by atoms with van der Waals surface area (Å²) in [7, 11) is 0. The number of carboxylic acids is 1. The number of nitrogens with one attached hydrogen (secondary N) is 1. The Balaban J connectivity index is 1.72. The van der Waals surface area contributed by atoms with E-state index >= 15 is 0 Å². The van der Waals surface area contributed by atoms with E-state index in [0.717, 1.165) is 17.3 Å². The molecule has 33 heavy (non-hydrogen) atoms. The van der Waals surface area contributed by atoms with Gasteiger partial charge in [-0.3, -0.25) is 14.4 Å². The first kappa shape index (κ1) is 24.3. The summed E-state index contributed by atoms with van der Waals surface area (Å²) in [4.78, 5) is 50.5. The molecule has 0 aromatic heterocycles. The summed E-state index contributed by atoms with van der Waals surface area (Å²) in [5.74, 6) is -2.09. The van der Waals surface area contributed by atoms with Gasteiger partial charge in [0.05, 0.1) is 17.8 Å². The standard InChI is InChI=1S/C24H26N2O6S/c1-15(27)33-21(12-16-6-3-2-4-7-16)23(30)25-14-22(29)26-19(10-11-20(26)24(31)32)17-8-5-9-18(28)13-17/h2-9,13,19-21,28H,10-12,14H2,1H3,(H,25,30)(H,31,32). The van der Waals surface area contributed by atoms with Crippen molar-refractivity contribution < 1.29 is 29.4 Å². The van der Waals surface area contributed by atoms with Gasteiger partial charge in [0.15, 0.2) is 5.12 Å². The highest BCUT2D eigenvalue weighted by atomic mass is 32.2. The normalized spacial score (nSPS) is 18.5. The number of phenols is 1. The minimum absolute atomic E-state index is 0.0250. The second-order valence-electron chi connectivity index (χ2n) is 7.85. The summed E-state index contributed by atoms with van der Waals surface area (Å²) in [6.07, 6.45) is 1.02. The molecule has 1 fully saturated rings. The van der Waals surface area contributed by atoms with Crippen LogP contribution in [0.3, 0.4) is 0 Å². The Morgan fingerprint density at radius 1 is 1.09 bits per heavy atom. The van der Waals surface area contributed by atoms with Gasteiger partial charge in [0.25, 0.3) is 0 Å². The first-order chi connectivity index (χ1) is 15.8. The molecule has 2 amide bonds. The third-order valence-corrected chi connectivity index (χ3v) is 6.49. The second-order valence-corrected chi connectivity index (χ2v) is 9.23. The number of rotatable bonds is 8. The molecule has 9 heteroatoms. The van der Waals surface area contributed by atoms with Gasteiger partial charge in [0.2, 0.25) is 11.8 Å². The van der Waals surface area contributed by atoms with Gasteiger partial charge >= 0.3 is 5.97 Å². The van der Waals surface area contributed by atoms with Crippen LogP contribution in [0, 0.1) is 0 Å². The van der Waals surface area contributed by atoms with E-state index in [1.807, 2.05) is 30.3 Å². The number of likely N-dealkylation sites (tertiary alicyclic amines) is 1. The van der Waals surface area contributed by atoms with Crippen molar-refractivity contribution in [1.82, 2.24) is 10.2 Å². The Labute approximate surface area is 196 Å². The number of aliphatic carboxylic acids is 1. The molecule has 1 heterocycles. The summed E-state index contributed by atoms with van der Waals surface area (Å²) in [6, 6.07) is 14.1. The van der Waals surface area contributed by atoms with Crippen LogP contribution < -0.4 is 5.32 Å². The molecule has 1 aliphatic rings. The van der Waals surface area contributed by atoms with E-state index < -0.39 is 35.1 Å². The van der Waals surface area contributed by atoms with Crippen molar-refractivity contribution >= 4 is 34.7 Å². The van der Waals surface area contributed by atoms with Crippen LogP contribution in [0.5, 0.6) is 5.75 Å². The number of hydrogen-bond acceptors (Lipinski definition) is 6. The first-order valence-electron chi connectivity index (χ1n) is 10.6. The monoisotopic (exact) mass is 470 g/mol. The molecule has 0 aliphatic carbocycles. The maximum absolute atomic E-state index is 13.0. The van der Waals surface area contributed by atoms with E-state index in [1.54, 1.807) is 12.1 Å². The molecule has 0 radical (unpaired) electrons. The van der Waals surface area contributed by atoms with Crippen LogP contribution >= 0.6 is 11.8 Å². The molecule has 8 nitrogen and oxygen atoms in total. The van der Waals surface area contributed by atoms with Gasteiger partial charge in [-0.25, -0.2) is 4.79 Å². The van der Waals surface area contributed by atoms with Crippen molar-refractivity contribution in [3.63, 3.8) is 0 Å². The number of phenolic OH excluding ortho intramolecular Hbond substituents is 1. The number of carboxylic acid groups (broad SMARTS) is 1. The Morgan fingerprint density at radius 3 is 2.45 bits per heavy atom. The molecule has 3 N–H and O–H groups in total. The Kier molecular flexibility index (Phi) is 8.11. The average molecular weight is 471 g/mol. The van der Waals surface area contributed by atoms with E-state index in [1.165, 1.54) is 24.0 Å². The highest BCUT2D eigenvalue weighted by Crippen LogP contribution is 2.37. The van der Waals surface area contributed by atoms with E-state index in [4.69, 9.17) is 0 Å². The van der Waals surface area contributed by atoms with Crippen LogP contribution in [-0.4, -0.2) is 55.8 Å². The minimum Gasteiger partial charge on any atom is -0.508 e. The van der Waals surface area contributed by atoms with Gasteiger partial charge in [-0.2, -0.15) is 0 Å². The minimum atomic E-state index is -1.12. The number of carbonyl (C=O) groups is 4. The third-order valence-electron chi connectivity index (χ3n) is 5.49. The van der Waals surface area contributed by atoms with Crippen molar-refractivity contribution in [3.8, 4) is 5.75 Å². The van der Waals surface area contributed by atoms with E-state index in [2.05, 4.69) is 5.32 Å². The zero-order valence-electron chi connectivity index (χ0n) is 18.1. The molecule has 0 spiro atoms. The molecular formula is C24H26N2O6S. The van der Waals surface area contributed by atoms with Gasteiger partial charge in [0, 0.05) is 6.92 Å². The lowest BCUT2D eigenvalue weighted by molar-refractivity contribution is -0.149. The Bertz CT molecular complexity index is 1030. The molecule has 3 atom stereocenters. The molecule has 3 unspecified atom stereocenters. The van der Waals surface area contributed by atoms with Crippen LogP contribution in [-0.2, 0) is 25.6 Å². The van der Waals surface area contributed by atoms with Crippen molar-refractivity contribution in [1.29, 1.82) is 0 Å². The van der Waals surface area contributed by atoms with E-state index in [9.17, 15) is 29.4 Å². The van der Waals surface area contributed by atoms with Crippen LogP contribution in [0.15, 0.2) is 54.6 Å². The highest BCUT2D eigenvalue weighted by Gasteiger charge is 2.41. The summed E-state index contributed by atoms with van der Waals surface area (Å²) >= 11 is 0.893. The zero-order valence-corrected chi connectivity index (χ0v) is 19.0. The molecule has 2 aromatic carbocycles. The molecule has 174 valence electrons. The predicted molar refractivity (Wildman–Crippen MR) is 124 cm³/mol. The van der Waals surface area contributed by atoms with Crippen LogP contribution in [0.4, 0.5) is 0 Å². The first-order valence-corrected chi connectivity index (χ1v) is 11.5. The predicted octanol–water partition coefficient (Wildman–Crippen LogP) is 2.52. The summed E-state index contributed by atoms with van der Waals surface area (Å²) < 4.78 is 0. The lowest BCUT2D eigenvalue weighted by atomic mass is 10.0. The average Bonchev–Trinajstić information content (AvgIpc) is 3.23. The lowest BCUT2D eigenvalue weighted by Gasteiger charge is -2.29. The second kappa shape index (κ2) is 11.0. The van der Waals surface area contributed by atoms with Gasteiger partial charge < -0.3 is 20.4 Å². The van der Waals surface area contributed by atoms with E-state index in [-0.39, 0.29) is 23.8 Å². The number of nitrogens with zero attached hydrogens (tertiary/aromatic N) is 1. The number of hydrogen-bond donors (Lipinski definition) is 3.